The van der Waals surface area contributed by atoms with Gasteiger partial charge >= 0.3 is 0 Å². The third-order valence-corrected chi connectivity index (χ3v) is 6.13. The minimum atomic E-state index is -0.625. The standard InChI is InChI=1S/C19H13FN6O4S2/c1-10-8-11(6-7-14(10)26(28)29)17-23-22-15(30-17)9-31-19-25-24-18(32-19)21-16(27)12-4-2-3-5-13(12)20/h2-8H,9H2,1H3,(H,21,24,27). The van der Waals surface area contributed by atoms with E-state index >= 15 is 0 Å². The molecule has 162 valence electrons. The minimum Gasteiger partial charge on any atom is -0.420 e. The Labute approximate surface area is 188 Å². The second-order valence-corrected chi connectivity index (χ2v) is 8.56. The number of hydrogen-bond acceptors (Lipinski definition) is 10. The molecule has 10 nitrogen and oxygen atoms in total. The summed E-state index contributed by atoms with van der Waals surface area (Å²) < 4.78 is 19.9. The van der Waals surface area contributed by atoms with E-state index in [1.807, 2.05) is 0 Å². The van der Waals surface area contributed by atoms with E-state index in [1.165, 1.54) is 36.0 Å². The topological polar surface area (TPSA) is 137 Å². The van der Waals surface area contributed by atoms with Gasteiger partial charge in [0.2, 0.25) is 16.9 Å². The van der Waals surface area contributed by atoms with E-state index < -0.39 is 16.6 Å². The number of anilines is 1. The van der Waals surface area contributed by atoms with Gasteiger partial charge in [-0.05, 0) is 31.2 Å². The molecule has 0 saturated carbocycles. The van der Waals surface area contributed by atoms with Crippen LogP contribution < -0.4 is 5.32 Å². The van der Waals surface area contributed by atoms with Crippen LogP contribution in [0.4, 0.5) is 15.2 Å². The average molecular weight is 472 g/mol. The fraction of sp³-hybridized carbons (Fsp3) is 0.105. The van der Waals surface area contributed by atoms with Crippen molar-refractivity contribution in [3.8, 4) is 11.5 Å². The molecule has 13 heteroatoms. The van der Waals surface area contributed by atoms with Crippen molar-refractivity contribution in [1.29, 1.82) is 0 Å². The molecular weight excluding hydrogens is 459 g/mol. The number of aryl methyl sites for hydroxylation is 1. The molecule has 0 aliphatic rings. The van der Waals surface area contributed by atoms with Crippen LogP contribution in [-0.2, 0) is 5.75 Å². The van der Waals surface area contributed by atoms with Crippen LogP contribution in [0.25, 0.3) is 11.5 Å². The number of hydrogen-bond donors (Lipinski definition) is 1. The predicted molar refractivity (Wildman–Crippen MR) is 115 cm³/mol. The molecule has 0 aliphatic carbocycles. The highest BCUT2D eigenvalue weighted by Gasteiger charge is 2.16. The number of nitro groups is 1. The van der Waals surface area contributed by atoms with Gasteiger partial charge in [0.15, 0.2) is 4.34 Å². The summed E-state index contributed by atoms with van der Waals surface area (Å²) in [5.41, 5.74) is 0.987. The van der Waals surface area contributed by atoms with Crippen LogP contribution in [0.2, 0.25) is 0 Å². The van der Waals surface area contributed by atoms with Crippen molar-refractivity contribution >= 4 is 39.8 Å². The average Bonchev–Trinajstić information content (AvgIpc) is 3.41. The first-order valence-electron chi connectivity index (χ1n) is 9.00. The Morgan fingerprint density at radius 3 is 2.78 bits per heavy atom. The first-order valence-corrected chi connectivity index (χ1v) is 10.8. The van der Waals surface area contributed by atoms with E-state index in [9.17, 15) is 19.3 Å². The van der Waals surface area contributed by atoms with Crippen LogP contribution in [0.3, 0.4) is 0 Å². The van der Waals surface area contributed by atoms with Gasteiger partial charge in [0.05, 0.1) is 16.2 Å². The second-order valence-electron chi connectivity index (χ2n) is 6.36. The lowest BCUT2D eigenvalue weighted by Gasteiger charge is -2.01. The summed E-state index contributed by atoms with van der Waals surface area (Å²) in [7, 11) is 0. The number of halogens is 1. The van der Waals surface area contributed by atoms with Crippen molar-refractivity contribution < 1.29 is 18.5 Å². The highest BCUT2D eigenvalue weighted by atomic mass is 32.2. The quantitative estimate of drug-likeness (QED) is 0.178. The number of thioether (sulfide) groups is 1. The number of carbonyl (C=O) groups is 1. The molecule has 0 unspecified atom stereocenters. The normalized spacial score (nSPS) is 10.8. The summed E-state index contributed by atoms with van der Waals surface area (Å²) in [4.78, 5) is 22.6. The highest BCUT2D eigenvalue weighted by molar-refractivity contribution is 8.00. The minimum absolute atomic E-state index is 0.0122. The lowest BCUT2D eigenvalue weighted by Crippen LogP contribution is -2.13. The third kappa shape index (κ3) is 4.78. The largest absolute Gasteiger partial charge is 0.420 e. The number of aromatic nitrogens is 4. The molecule has 2 aromatic heterocycles. The number of carbonyl (C=O) groups excluding carboxylic acids is 1. The Morgan fingerprint density at radius 2 is 2.03 bits per heavy atom. The van der Waals surface area contributed by atoms with Crippen LogP contribution in [-0.4, -0.2) is 31.2 Å². The van der Waals surface area contributed by atoms with Crippen molar-refractivity contribution in [3.05, 3.63) is 75.4 Å². The smallest absolute Gasteiger partial charge is 0.272 e. The van der Waals surface area contributed by atoms with Crippen LogP contribution in [0.15, 0.2) is 51.2 Å². The fourth-order valence-electron chi connectivity index (χ4n) is 2.67. The van der Waals surface area contributed by atoms with E-state index in [0.29, 0.717) is 27.1 Å². The Bertz CT molecular complexity index is 1310. The number of nitrogens with one attached hydrogen (secondary N) is 1. The van der Waals surface area contributed by atoms with Crippen molar-refractivity contribution in [2.75, 3.05) is 5.32 Å². The molecule has 2 heterocycles. The molecule has 0 aliphatic heterocycles. The highest BCUT2D eigenvalue weighted by Crippen LogP contribution is 2.30. The number of rotatable bonds is 7. The molecule has 2 aromatic carbocycles. The van der Waals surface area contributed by atoms with Crippen molar-refractivity contribution in [2.45, 2.75) is 17.0 Å². The molecule has 1 amide bonds. The van der Waals surface area contributed by atoms with Gasteiger partial charge in [-0.3, -0.25) is 20.2 Å². The van der Waals surface area contributed by atoms with Crippen LogP contribution in [0.5, 0.6) is 0 Å². The van der Waals surface area contributed by atoms with Gasteiger partial charge in [0.25, 0.3) is 11.6 Å². The zero-order chi connectivity index (χ0) is 22.7. The van der Waals surface area contributed by atoms with E-state index in [2.05, 4.69) is 25.7 Å². The Morgan fingerprint density at radius 1 is 1.22 bits per heavy atom. The number of nitro benzene ring substituents is 1. The number of nitrogens with zero attached hydrogens (tertiary/aromatic N) is 5. The van der Waals surface area contributed by atoms with Crippen LogP contribution in [0.1, 0.15) is 21.8 Å². The van der Waals surface area contributed by atoms with Gasteiger partial charge in [-0.25, -0.2) is 4.39 Å². The van der Waals surface area contributed by atoms with E-state index in [4.69, 9.17) is 4.42 Å². The number of amides is 1. The summed E-state index contributed by atoms with van der Waals surface area (Å²) in [6, 6.07) is 10.2. The first-order chi connectivity index (χ1) is 15.4. The maximum absolute atomic E-state index is 13.7. The molecule has 32 heavy (non-hydrogen) atoms. The summed E-state index contributed by atoms with van der Waals surface area (Å²) in [5.74, 6) is -0.369. The van der Waals surface area contributed by atoms with Gasteiger partial charge in [0, 0.05) is 17.2 Å². The zero-order valence-electron chi connectivity index (χ0n) is 16.3. The van der Waals surface area contributed by atoms with Crippen LogP contribution in [0, 0.1) is 22.9 Å². The Kier molecular flexibility index (Phi) is 6.18. The van der Waals surface area contributed by atoms with Gasteiger partial charge in [-0.2, -0.15) is 0 Å². The molecule has 0 fully saturated rings. The number of benzene rings is 2. The van der Waals surface area contributed by atoms with Gasteiger partial charge in [-0.15, -0.1) is 20.4 Å². The van der Waals surface area contributed by atoms with Crippen LogP contribution >= 0.6 is 23.1 Å². The monoisotopic (exact) mass is 472 g/mol. The van der Waals surface area contributed by atoms with Gasteiger partial charge in [0.1, 0.15) is 5.82 Å². The molecule has 0 radical (unpaired) electrons. The van der Waals surface area contributed by atoms with E-state index in [-0.39, 0.29) is 22.3 Å². The van der Waals surface area contributed by atoms with Crippen molar-refractivity contribution in [3.63, 3.8) is 0 Å². The van der Waals surface area contributed by atoms with E-state index in [1.54, 1.807) is 25.1 Å². The van der Waals surface area contributed by atoms with Gasteiger partial charge < -0.3 is 4.42 Å². The Hall–Kier alpha value is -3.71. The van der Waals surface area contributed by atoms with Gasteiger partial charge in [-0.1, -0.05) is 35.2 Å². The summed E-state index contributed by atoms with van der Waals surface area (Å²) in [6.07, 6.45) is 0. The molecule has 0 bridgehead atoms. The molecule has 0 saturated heterocycles. The maximum Gasteiger partial charge on any atom is 0.272 e. The van der Waals surface area contributed by atoms with E-state index in [0.717, 1.165) is 11.3 Å². The maximum atomic E-state index is 13.7. The molecule has 1 N–H and O–H groups in total. The molecular formula is C19H13FN6O4S2. The fourth-order valence-corrected chi connectivity index (χ4v) is 4.26. The second kappa shape index (κ2) is 9.20. The molecule has 0 spiro atoms. The van der Waals surface area contributed by atoms with Crippen molar-refractivity contribution in [1.82, 2.24) is 20.4 Å². The summed E-state index contributed by atoms with van der Waals surface area (Å²) in [6.45, 7) is 1.63. The summed E-state index contributed by atoms with van der Waals surface area (Å²) >= 11 is 2.40. The zero-order valence-corrected chi connectivity index (χ0v) is 17.9. The SMILES string of the molecule is Cc1cc(-c2nnc(CSc3nnc(NC(=O)c4ccccc4F)s3)o2)ccc1[N+](=O)[O-]. The van der Waals surface area contributed by atoms with Crippen molar-refractivity contribution in [2.24, 2.45) is 0 Å². The molecule has 4 aromatic rings. The molecule has 4 rings (SSSR count). The molecule has 0 atom stereocenters. The Balaban J connectivity index is 1.37. The third-order valence-electron chi connectivity index (χ3n) is 4.17. The predicted octanol–water partition coefficient (Wildman–Crippen LogP) is 4.49. The summed E-state index contributed by atoms with van der Waals surface area (Å²) in [5, 5.41) is 29.5. The lowest BCUT2D eigenvalue weighted by atomic mass is 10.1. The first kappa shape index (κ1) is 21.5. The lowest BCUT2D eigenvalue weighted by molar-refractivity contribution is -0.385.